The first kappa shape index (κ1) is 13.6. The number of nitrogens with zero attached hydrogens (tertiary/aromatic N) is 1. The zero-order chi connectivity index (χ0) is 7.82. The van der Waals surface area contributed by atoms with Gasteiger partial charge in [-0.25, -0.2) is 0 Å². The third-order valence-corrected chi connectivity index (χ3v) is 0.706. The van der Waals surface area contributed by atoms with E-state index >= 15 is 0 Å². The van der Waals surface area contributed by atoms with E-state index in [0.717, 1.165) is 5.69 Å². The predicted octanol–water partition coefficient (Wildman–Crippen LogP) is 1.59. The molecule has 0 aromatic carbocycles. The van der Waals surface area contributed by atoms with E-state index in [1.165, 1.54) is 0 Å². The van der Waals surface area contributed by atoms with Crippen LogP contribution in [0.2, 0.25) is 0 Å². The van der Waals surface area contributed by atoms with Crippen LogP contribution < -0.4 is 5.73 Å². The molecule has 0 fully saturated rings. The van der Waals surface area contributed by atoms with E-state index in [1.54, 1.807) is 24.5 Å². The molecule has 0 unspecified atom stereocenters. The van der Waals surface area contributed by atoms with Crippen LogP contribution in [-0.4, -0.2) is 22.1 Å². The first-order valence-electron chi connectivity index (χ1n) is 2.36. The van der Waals surface area contributed by atoms with Gasteiger partial charge in [0.15, 0.2) is 0 Å². The van der Waals surface area contributed by atoms with Gasteiger partial charge in [0.2, 0.25) is 0 Å². The minimum absolute atomic E-state index is 0. The van der Waals surface area contributed by atoms with E-state index in [2.05, 4.69) is 32.6 Å². The SMILES string of the molecule is ClOCl.Nc1ccncc1.[Se]. The van der Waals surface area contributed by atoms with Crippen molar-refractivity contribution in [1.29, 1.82) is 0 Å². The molecule has 1 aromatic heterocycles. The second kappa shape index (κ2) is 10.0. The molecule has 0 bridgehead atoms. The van der Waals surface area contributed by atoms with Crippen LogP contribution in [0.25, 0.3) is 0 Å². The van der Waals surface area contributed by atoms with Crippen molar-refractivity contribution in [3.05, 3.63) is 24.5 Å². The maximum atomic E-state index is 5.32. The Bertz CT molecular complexity index is 164. The molecule has 11 heavy (non-hydrogen) atoms. The smallest absolute Gasteiger partial charge is 0.0832 e. The predicted molar refractivity (Wildman–Crippen MR) is 47.2 cm³/mol. The number of hydrogen-bond acceptors (Lipinski definition) is 3. The molecule has 0 saturated heterocycles. The van der Waals surface area contributed by atoms with E-state index in [1.807, 2.05) is 0 Å². The zero-order valence-electron chi connectivity index (χ0n) is 5.41. The number of hydrogen-bond donors (Lipinski definition) is 1. The summed E-state index contributed by atoms with van der Waals surface area (Å²) in [7, 11) is 0. The van der Waals surface area contributed by atoms with Crippen LogP contribution in [0.15, 0.2) is 24.5 Å². The van der Waals surface area contributed by atoms with Crippen molar-refractivity contribution < 1.29 is 3.84 Å². The van der Waals surface area contributed by atoms with E-state index in [-0.39, 0.29) is 17.1 Å². The van der Waals surface area contributed by atoms with Crippen molar-refractivity contribution >= 4 is 46.5 Å². The van der Waals surface area contributed by atoms with Crippen LogP contribution in [0.3, 0.4) is 0 Å². The summed E-state index contributed by atoms with van der Waals surface area (Å²) in [6, 6.07) is 3.50. The van der Waals surface area contributed by atoms with E-state index < -0.39 is 0 Å². The number of nitrogens with two attached hydrogens (primary N) is 1. The summed E-state index contributed by atoms with van der Waals surface area (Å²) >= 11 is 8.53. The topological polar surface area (TPSA) is 48.1 Å². The molecule has 3 nitrogen and oxygen atoms in total. The largest absolute Gasteiger partial charge is 0.399 e. The fourth-order valence-electron chi connectivity index (χ4n) is 0.363. The third kappa shape index (κ3) is 10.0. The number of rotatable bonds is 0. The number of aromatic nitrogens is 1. The van der Waals surface area contributed by atoms with E-state index in [4.69, 9.17) is 5.73 Å². The average molecular weight is 260 g/mol. The van der Waals surface area contributed by atoms with Gasteiger partial charge >= 0.3 is 0 Å². The first-order valence-corrected chi connectivity index (χ1v) is 2.97. The third-order valence-electron chi connectivity index (χ3n) is 0.706. The van der Waals surface area contributed by atoms with E-state index in [0.29, 0.717) is 0 Å². The van der Waals surface area contributed by atoms with Gasteiger partial charge in [0.1, 0.15) is 0 Å². The Hall–Kier alpha value is 0.00948. The quantitative estimate of drug-likeness (QED) is 0.720. The van der Waals surface area contributed by atoms with Gasteiger partial charge in [0.25, 0.3) is 0 Å². The Morgan fingerprint density at radius 3 is 1.82 bits per heavy atom. The molecule has 1 aromatic rings. The van der Waals surface area contributed by atoms with Gasteiger partial charge in [-0.1, -0.05) is 0 Å². The second-order valence-corrected chi connectivity index (χ2v) is 1.81. The van der Waals surface area contributed by atoms with Crippen molar-refractivity contribution in [3.8, 4) is 0 Å². The van der Waals surface area contributed by atoms with Crippen LogP contribution in [0.1, 0.15) is 0 Å². The van der Waals surface area contributed by atoms with Gasteiger partial charge in [-0.3, -0.25) is 4.98 Å². The van der Waals surface area contributed by atoms with Crippen LogP contribution in [0, 0.1) is 0 Å². The van der Waals surface area contributed by atoms with Crippen LogP contribution in [0.5, 0.6) is 0 Å². The van der Waals surface area contributed by atoms with Crippen LogP contribution in [-0.2, 0) is 3.84 Å². The first-order chi connectivity index (χ1) is 4.81. The Morgan fingerprint density at radius 1 is 1.27 bits per heavy atom. The number of pyridine rings is 1. The summed E-state index contributed by atoms with van der Waals surface area (Å²) in [4.78, 5) is 3.77. The minimum Gasteiger partial charge on any atom is -0.399 e. The molecule has 1 heterocycles. The monoisotopic (exact) mass is 260 g/mol. The summed E-state index contributed by atoms with van der Waals surface area (Å²) < 4.78 is 3.19. The van der Waals surface area contributed by atoms with E-state index in [9.17, 15) is 0 Å². The Morgan fingerprint density at radius 2 is 1.64 bits per heavy atom. The van der Waals surface area contributed by atoms with Crippen LogP contribution >= 0.6 is 23.7 Å². The summed E-state index contributed by atoms with van der Waals surface area (Å²) in [5.41, 5.74) is 6.08. The molecule has 2 N–H and O–H groups in total. The number of anilines is 1. The van der Waals surface area contributed by atoms with Crippen molar-refractivity contribution in [2.24, 2.45) is 0 Å². The van der Waals surface area contributed by atoms with Gasteiger partial charge in [-0.2, -0.15) is 3.84 Å². The van der Waals surface area contributed by atoms with Crippen molar-refractivity contribution in [1.82, 2.24) is 4.98 Å². The molecule has 1 rings (SSSR count). The maximum Gasteiger partial charge on any atom is 0.0832 e. The summed E-state index contributed by atoms with van der Waals surface area (Å²) in [6.07, 6.45) is 3.32. The fourth-order valence-corrected chi connectivity index (χ4v) is 0.363. The molecular weight excluding hydrogens is 254 g/mol. The number of nitrogen functional groups attached to an aromatic ring is 1. The molecule has 0 aliphatic carbocycles. The fraction of sp³-hybridized carbons (Fsp3) is 0. The molecule has 0 aliphatic heterocycles. The Kier molecular flexibility index (Phi) is 12.4. The van der Waals surface area contributed by atoms with Gasteiger partial charge in [-0.05, 0) is 12.1 Å². The van der Waals surface area contributed by atoms with Gasteiger partial charge in [0, 0.05) is 35.1 Å². The van der Waals surface area contributed by atoms with Gasteiger partial charge in [0.05, 0.1) is 23.7 Å². The Balaban J connectivity index is 0. The molecule has 6 heteroatoms. The maximum absolute atomic E-state index is 5.32. The van der Waals surface area contributed by atoms with Gasteiger partial charge in [-0.15, -0.1) is 0 Å². The zero-order valence-corrected chi connectivity index (χ0v) is 8.63. The van der Waals surface area contributed by atoms with Gasteiger partial charge < -0.3 is 5.73 Å². The summed E-state index contributed by atoms with van der Waals surface area (Å²) in [6.45, 7) is 0. The Labute approximate surface area is 85.7 Å². The van der Waals surface area contributed by atoms with Crippen molar-refractivity contribution in [3.63, 3.8) is 0 Å². The molecule has 0 amide bonds. The van der Waals surface area contributed by atoms with Crippen molar-refractivity contribution in [2.75, 3.05) is 5.73 Å². The average Bonchev–Trinajstić information content (AvgIpc) is 1.91. The second-order valence-electron chi connectivity index (χ2n) is 1.34. The minimum atomic E-state index is 0. The molecule has 2 radical (unpaired) electrons. The number of halogens is 2. The summed E-state index contributed by atoms with van der Waals surface area (Å²) in [5.74, 6) is 0. The standard InChI is InChI=1S/C5H6N2.Cl2O.Se/c6-5-1-3-7-4-2-5;1-3-2;/h1-4H,(H2,6,7);;. The normalized spacial score (nSPS) is 7.09. The van der Waals surface area contributed by atoms with Crippen LogP contribution in [0.4, 0.5) is 5.69 Å². The summed E-state index contributed by atoms with van der Waals surface area (Å²) in [5, 5.41) is 0. The molecule has 62 valence electrons. The molecule has 0 spiro atoms. The molecule has 0 aliphatic rings. The molecular formula is C5H6Cl2N2OSe. The molecule has 0 saturated carbocycles. The molecule has 0 atom stereocenters. The van der Waals surface area contributed by atoms with Crippen molar-refractivity contribution in [2.45, 2.75) is 0 Å².